The zero-order valence-corrected chi connectivity index (χ0v) is 14.2. The number of rotatable bonds is 7. The smallest absolute Gasteiger partial charge is 0.325 e. The number of carbonyl (C=O) groups is 3. The number of urea groups is 1. The molecule has 1 aromatic carbocycles. The Labute approximate surface area is 150 Å². The molecule has 0 radical (unpaired) electrons. The number of hydrogen-bond donors (Lipinski definition) is 2. The lowest BCUT2D eigenvalue weighted by molar-refractivity contribution is -0.128. The minimum atomic E-state index is -0.714. The first-order valence-electron chi connectivity index (χ1n) is 8.15. The number of anilines is 1. The molecule has 0 spiro atoms. The summed E-state index contributed by atoms with van der Waals surface area (Å²) in [7, 11) is 1.55. The van der Waals surface area contributed by atoms with E-state index in [4.69, 9.17) is 9.15 Å². The molecule has 0 aliphatic carbocycles. The predicted octanol–water partition coefficient (Wildman–Crippen LogP) is 2.13. The number of imide groups is 1. The van der Waals surface area contributed by atoms with Gasteiger partial charge in [0.15, 0.2) is 0 Å². The maximum absolute atomic E-state index is 12.3. The molecule has 1 atom stereocenters. The molecule has 3 rings (SSSR count). The van der Waals surface area contributed by atoms with Gasteiger partial charge in [-0.3, -0.25) is 14.5 Å². The second-order valence-corrected chi connectivity index (χ2v) is 5.82. The summed E-state index contributed by atoms with van der Waals surface area (Å²) in [5.74, 6) is 0.546. The average Bonchev–Trinajstić information content (AvgIpc) is 3.24. The number of amides is 4. The highest BCUT2D eigenvalue weighted by molar-refractivity contribution is 6.04. The molecule has 2 N–H and O–H groups in total. The minimum absolute atomic E-state index is 0.0736. The number of hydrogen-bond acceptors (Lipinski definition) is 5. The van der Waals surface area contributed by atoms with Gasteiger partial charge in [-0.15, -0.1) is 0 Å². The molecule has 0 saturated carbocycles. The number of ether oxygens (including phenoxy) is 1. The summed E-state index contributed by atoms with van der Waals surface area (Å²) >= 11 is 0. The lowest BCUT2D eigenvalue weighted by Gasteiger charge is -2.11. The zero-order chi connectivity index (χ0) is 18.5. The Kier molecular flexibility index (Phi) is 5.21. The Balaban J connectivity index is 1.52. The van der Waals surface area contributed by atoms with Crippen molar-refractivity contribution in [1.29, 1.82) is 0 Å². The summed E-state index contributed by atoms with van der Waals surface area (Å²) in [6.45, 7) is 0.0736. The largest absolute Gasteiger partial charge is 0.497 e. The summed E-state index contributed by atoms with van der Waals surface area (Å²) in [5.41, 5.74) is 0.607. The van der Waals surface area contributed by atoms with Crippen LogP contribution in [0.3, 0.4) is 0 Å². The van der Waals surface area contributed by atoms with Gasteiger partial charge in [-0.1, -0.05) is 6.07 Å². The fourth-order valence-electron chi connectivity index (χ4n) is 2.68. The van der Waals surface area contributed by atoms with Crippen LogP contribution in [0, 0.1) is 0 Å². The molecule has 136 valence electrons. The predicted molar refractivity (Wildman–Crippen MR) is 92.4 cm³/mol. The van der Waals surface area contributed by atoms with Gasteiger partial charge in [-0.25, -0.2) is 4.79 Å². The van der Waals surface area contributed by atoms with E-state index in [-0.39, 0.29) is 31.2 Å². The topological polar surface area (TPSA) is 101 Å². The number of nitrogens with zero attached hydrogens (tertiary/aromatic N) is 1. The second kappa shape index (κ2) is 7.73. The Hall–Kier alpha value is -3.29. The highest BCUT2D eigenvalue weighted by atomic mass is 16.5. The first-order valence-corrected chi connectivity index (χ1v) is 8.15. The molecule has 1 saturated heterocycles. The lowest BCUT2D eigenvalue weighted by Crippen LogP contribution is -2.31. The summed E-state index contributed by atoms with van der Waals surface area (Å²) in [5, 5.41) is 5.34. The molecule has 8 nitrogen and oxygen atoms in total. The van der Waals surface area contributed by atoms with E-state index < -0.39 is 12.1 Å². The number of benzene rings is 1. The number of carbonyl (C=O) groups excluding carboxylic acids is 3. The van der Waals surface area contributed by atoms with Crippen LogP contribution in [-0.2, 0) is 16.1 Å². The normalized spacial score (nSPS) is 16.5. The van der Waals surface area contributed by atoms with E-state index >= 15 is 0 Å². The van der Waals surface area contributed by atoms with Crippen molar-refractivity contribution in [2.24, 2.45) is 0 Å². The van der Waals surface area contributed by atoms with Crippen molar-refractivity contribution in [3.63, 3.8) is 0 Å². The molecule has 1 unspecified atom stereocenters. The third-order valence-electron chi connectivity index (χ3n) is 4.01. The summed E-state index contributed by atoms with van der Waals surface area (Å²) < 4.78 is 10.3. The molecule has 0 bridgehead atoms. The van der Waals surface area contributed by atoms with Gasteiger partial charge in [0.05, 0.1) is 19.9 Å². The van der Waals surface area contributed by atoms with Crippen molar-refractivity contribution in [2.75, 3.05) is 12.4 Å². The van der Waals surface area contributed by atoms with Crippen LogP contribution in [0.2, 0.25) is 0 Å². The summed E-state index contributed by atoms with van der Waals surface area (Å²) in [6.07, 6.45) is 1.80. The maximum Gasteiger partial charge on any atom is 0.325 e. The van der Waals surface area contributed by atoms with E-state index in [2.05, 4.69) is 10.6 Å². The lowest BCUT2D eigenvalue weighted by atomic mass is 10.1. The second-order valence-electron chi connectivity index (χ2n) is 5.82. The fraction of sp³-hybridized carbons (Fsp3) is 0.278. The van der Waals surface area contributed by atoms with Gasteiger partial charge < -0.3 is 19.8 Å². The molecule has 2 heterocycles. The van der Waals surface area contributed by atoms with Crippen LogP contribution in [0.1, 0.15) is 18.6 Å². The standard InChI is InChI=1S/C18H19N3O5/c1-25-13-5-2-4-12(10-13)19-16(22)8-7-15-17(23)21(18(24)20-15)11-14-6-3-9-26-14/h2-6,9-10,15H,7-8,11H2,1H3,(H,19,22)(H,20,24). The number of furan rings is 1. The van der Waals surface area contributed by atoms with E-state index in [1.54, 1.807) is 43.5 Å². The fourth-order valence-corrected chi connectivity index (χ4v) is 2.68. The molecule has 1 aliphatic heterocycles. The van der Waals surface area contributed by atoms with E-state index in [1.807, 2.05) is 0 Å². The first-order chi connectivity index (χ1) is 12.6. The molecule has 1 aliphatic rings. The van der Waals surface area contributed by atoms with Crippen molar-refractivity contribution >= 4 is 23.5 Å². The van der Waals surface area contributed by atoms with Crippen molar-refractivity contribution in [3.8, 4) is 5.75 Å². The highest BCUT2D eigenvalue weighted by Crippen LogP contribution is 2.18. The molecule has 1 fully saturated rings. The van der Waals surface area contributed by atoms with Crippen molar-refractivity contribution in [1.82, 2.24) is 10.2 Å². The molecule has 4 amide bonds. The quantitative estimate of drug-likeness (QED) is 0.739. The van der Waals surface area contributed by atoms with Gasteiger partial charge in [0.2, 0.25) is 5.91 Å². The van der Waals surface area contributed by atoms with Crippen LogP contribution in [0.5, 0.6) is 5.75 Å². The highest BCUT2D eigenvalue weighted by Gasteiger charge is 2.38. The van der Waals surface area contributed by atoms with E-state index in [0.717, 1.165) is 4.90 Å². The minimum Gasteiger partial charge on any atom is -0.497 e. The van der Waals surface area contributed by atoms with E-state index in [9.17, 15) is 14.4 Å². The van der Waals surface area contributed by atoms with Gasteiger partial charge in [-0.05, 0) is 30.7 Å². The molecule has 2 aromatic rings. The first kappa shape index (κ1) is 17.5. The maximum atomic E-state index is 12.3. The Morgan fingerprint density at radius 1 is 1.31 bits per heavy atom. The molecule has 1 aromatic heterocycles. The third kappa shape index (κ3) is 4.02. The molecular formula is C18H19N3O5. The van der Waals surface area contributed by atoms with Gasteiger partial charge in [0.1, 0.15) is 17.6 Å². The van der Waals surface area contributed by atoms with Gasteiger partial charge in [0.25, 0.3) is 5.91 Å². The average molecular weight is 357 g/mol. The molecule has 8 heteroatoms. The van der Waals surface area contributed by atoms with E-state index in [1.165, 1.54) is 6.26 Å². The molecular weight excluding hydrogens is 338 g/mol. The monoisotopic (exact) mass is 357 g/mol. The van der Waals surface area contributed by atoms with Crippen molar-refractivity contribution < 1.29 is 23.5 Å². The van der Waals surface area contributed by atoms with Crippen LogP contribution in [0.4, 0.5) is 10.5 Å². The number of nitrogens with one attached hydrogen (secondary N) is 2. The Morgan fingerprint density at radius 3 is 2.88 bits per heavy atom. The van der Waals surface area contributed by atoms with Crippen molar-refractivity contribution in [2.45, 2.75) is 25.4 Å². The summed E-state index contributed by atoms with van der Waals surface area (Å²) in [6, 6.07) is 9.17. The van der Waals surface area contributed by atoms with Crippen LogP contribution in [0.15, 0.2) is 47.1 Å². The van der Waals surface area contributed by atoms with E-state index in [0.29, 0.717) is 17.2 Å². The SMILES string of the molecule is COc1cccc(NC(=O)CCC2NC(=O)N(Cc3ccco3)C2=O)c1. The van der Waals surface area contributed by atoms with Gasteiger partial charge in [0, 0.05) is 18.2 Å². The van der Waals surface area contributed by atoms with Gasteiger partial charge >= 0.3 is 6.03 Å². The zero-order valence-electron chi connectivity index (χ0n) is 14.2. The van der Waals surface area contributed by atoms with Crippen LogP contribution < -0.4 is 15.4 Å². The van der Waals surface area contributed by atoms with Crippen LogP contribution in [0.25, 0.3) is 0 Å². The van der Waals surface area contributed by atoms with Gasteiger partial charge in [-0.2, -0.15) is 0 Å². The summed E-state index contributed by atoms with van der Waals surface area (Å²) in [4.78, 5) is 37.5. The van der Waals surface area contributed by atoms with Crippen molar-refractivity contribution in [3.05, 3.63) is 48.4 Å². The molecule has 26 heavy (non-hydrogen) atoms. The Bertz CT molecular complexity index is 803. The number of methoxy groups -OCH3 is 1. The Morgan fingerprint density at radius 2 is 2.15 bits per heavy atom. The third-order valence-corrected chi connectivity index (χ3v) is 4.01. The van der Waals surface area contributed by atoms with Crippen LogP contribution in [-0.4, -0.2) is 35.9 Å². The van der Waals surface area contributed by atoms with Crippen LogP contribution >= 0.6 is 0 Å².